The van der Waals surface area contributed by atoms with E-state index in [1.165, 1.54) is 6.33 Å². The van der Waals surface area contributed by atoms with Crippen molar-refractivity contribution in [2.75, 3.05) is 30.8 Å². The molecule has 1 aromatic carbocycles. The highest BCUT2D eigenvalue weighted by molar-refractivity contribution is 5.89. The number of amides is 2. The first kappa shape index (κ1) is 18.2. The van der Waals surface area contributed by atoms with Crippen molar-refractivity contribution in [1.82, 2.24) is 25.1 Å². The summed E-state index contributed by atoms with van der Waals surface area (Å²) in [5, 5.41) is 13.0. The number of hydrogen-bond acceptors (Lipinski definition) is 6. The van der Waals surface area contributed by atoms with Crippen LogP contribution in [-0.2, 0) is 0 Å². The molecular formula is C18H21N7O2. The molecule has 2 amide bonds. The van der Waals surface area contributed by atoms with Gasteiger partial charge in [0.15, 0.2) is 5.82 Å². The molecule has 0 aliphatic carbocycles. The average Bonchev–Trinajstić information content (AvgIpc) is 3.12. The van der Waals surface area contributed by atoms with Gasteiger partial charge in [-0.25, -0.2) is 19.4 Å². The van der Waals surface area contributed by atoms with Gasteiger partial charge in [0.1, 0.15) is 17.9 Å². The lowest BCUT2D eigenvalue weighted by molar-refractivity contribution is 0.252. The standard InChI is InChI=1S/C18H21N7O2/c1-13-7-10-25(24-13)17-11-16(21-12-22-17)19-8-9-20-18(26)23-14-3-5-15(27-2)6-4-14/h3-7,10-12H,8-9H2,1-2H3,(H,19,21,22)(H2,20,23,26). The summed E-state index contributed by atoms with van der Waals surface area (Å²) < 4.78 is 6.76. The van der Waals surface area contributed by atoms with E-state index >= 15 is 0 Å². The van der Waals surface area contributed by atoms with Crippen molar-refractivity contribution >= 4 is 17.5 Å². The number of carbonyl (C=O) groups excluding carboxylic acids is 1. The van der Waals surface area contributed by atoms with Gasteiger partial charge in [-0.1, -0.05) is 0 Å². The Kier molecular flexibility index (Phi) is 5.83. The number of anilines is 2. The highest BCUT2D eigenvalue weighted by Gasteiger charge is 2.04. The Morgan fingerprint density at radius 2 is 1.96 bits per heavy atom. The number of urea groups is 1. The van der Waals surface area contributed by atoms with Crippen molar-refractivity contribution in [2.45, 2.75) is 6.92 Å². The molecule has 0 radical (unpaired) electrons. The highest BCUT2D eigenvalue weighted by Crippen LogP contribution is 2.14. The van der Waals surface area contributed by atoms with Gasteiger partial charge in [-0.2, -0.15) is 5.10 Å². The lowest BCUT2D eigenvalue weighted by Gasteiger charge is -2.10. The van der Waals surface area contributed by atoms with E-state index in [0.717, 1.165) is 11.4 Å². The van der Waals surface area contributed by atoms with Crippen LogP contribution in [0.2, 0.25) is 0 Å². The maximum Gasteiger partial charge on any atom is 0.319 e. The first-order valence-electron chi connectivity index (χ1n) is 8.41. The van der Waals surface area contributed by atoms with Crippen molar-refractivity contribution in [2.24, 2.45) is 0 Å². The maximum atomic E-state index is 11.9. The fourth-order valence-corrected chi connectivity index (χ4v) is 2.33. The summed E-state index contributed by atoms with van der Waals surface area (Å²) in [6.07, 6.45) is 3.31. The molecule has 0 spiro atoms. The highest BCUT2D eigenvalue weighted by atomic mass is 16.5. The Morgan fingerprint density at radius 1 is 1.15 bits per heavy atom. The van der Waals surface area contributed by atoms with E-state index in [4.69, 9.17) is 4.74 Å². The van der Waals surface area contributed by atoms with Crippen LogP contribution in [-0.4, -0.2) is 46.0 Å². The normalized spacial score (nSPS) is 10.3. The zero-order valence-corrected chi connectivity index (χ0v) is 15.1. The fraction of sp³-hybridized carbons (Fsp3) is 0.222. The minimum Gasteiger partial charge on any atom is -0.497 e. The Balaban J connectivity index is 1.43. The summed E-state index contributed by atoms with van der Waals surface area (Å²) in [6.45, 7) is 2.87. The Bertz CT molecular complexity index is 893. The molecule has 0 atom stereocenters. The second kappa shape index (κ2) is 8.65. The van der Waals surface area contributed by atoms with Gasteiger partial charge in [0.2, 0.25) is 0 Å². The largest absolute Gasteiger partial charge is 0.497 e. The molecule has 0 unspecified atom stereocenters. The Hall–Kier alpha value is -3.62. The number of nitrogens with one attached hydrogen (secondary N) is 3. The van der Waals surface area contributed by atoms with Crippen LogP contribution < -0.4 is 20.7 Å². The molecular weight excluding hydrogens is 346 g/mol. The third-order valence-corrected chi connectivity index (χ3v) is 3.67. The number of benzene rings is 1. The number of nitrogens with zero attached hydrogens (tertiary/aromatic N) is 4. The van der Waals surface area contributed by atoms with E-state index in [1.807, 2.05) is 19.2 Å². The molecule has 9 nitrogen and oxygen atoms in total. The van der Waals surface area contributed by atoms with Gasteiger partial charge in [0, 0.05) is 31.0 Å². The fourth-order valence-electron chi connectivity index (χ4n) is 2.33. The summed E-state index contributed by atoms with van der Waals surface area (Å²) >= 11 is 0. The first-order valence-corrected chi connectivity index (χ1v) is 8.41. The van der Waals surface area contributed by atoms with Gasteiger partial charge in [0.05, 0.1) is 12.8 Å². The number of ether oxygens (including phenoxy) is 1. The predicted octanol–water partition coefficient (Wildman–Crippen LogP) is 2.21. The summed E-state index contributed by atoms with van der Waals surface area (Å²) in [5.74, 6) is 2.07. The Labute approximate surface area is 156 Å². The second-order valence-electron chi connectivity index (χ2n) is 5.70. The SMILES string of the molecule is COc1ccc(NC(=O)NCCNc2cc(-n3ccc(C)n3)ncn2)cc1. The minimum absolute atomic E-state index is 0.280. The molecule has 0 aliphatic rings. The van der Waals surface area contributed by atoms with Crippen molar-refractivity contribution in [3.8, 4) is 11.6 Å². The molecule has 9 heteroatoms. The van der Waals surface area contributed by atoms with Gasteiger partial charge >= 0.3 is 6.03 Å². The zero-order valence-electron chi connectivity index (χ0n) is 15.1. The van der Waals surface area contributed by atoms with Crippen LogP contribution >= 0.6 is 0 Å². The number of carbonyl (C=O) groups is 1. The summed E-state index contributed by atoms with van der Waals surface area (Å²) in [4.78, 5) is 20.3. The lowest BCUT2D eigenvalue weighted by atomic mass is 10.3. The molecule has 3 rings (SSSR count). The number of aromatic nitrogens is 4. The molecule has 0 saturated carbocycles. The van der Waals surface area contributed by atoms with Crippen LogP contribution in [0.15, 0.2) is 48.9 Å². The van der Waals surface area contributed by atoms with Crippen LogP contribution in [0.5, 0.6) is 5.75 Å². The number of methoxy groups -OCH3 is 1. The lowest BCUT2D eigenvalue weighted by Crippen LogP contribution is -2.32. The van der Waals surface area contributed by atoms with E-state index in [1.54, 1.807) is 42.1 Å². The number of hydrogen-bond donors (Lipinski definition) is 3. The maximum absolute atomic E-state index is 11.9. The second-order valence-corrected chi connectivity index (χ2v) is 5.70. The number of aryl methyl sites for hydroxylation is 1. The molecule has 0 saturated heterocycles. The first-order chi connectivity index (χ1) is 13.1. The smallest absolute Gasteiger partial charge is 0.319 e. The predicted molar refractivity (Wildman–Crippen MR) is 102 cm³/mol. The monoisotopic (exact) mass is 367 g/mol. The zero-order chi connectivity index (χ0) is 19.1. The van der Waals surface area contributed by atoms with Gasteiger partial charge in [-0.15, -0.1) is 0 Å². The summed E-state index contributed by atoms with van der Waals surface area (Å²) in [6, 6.07) is 10.5. The summed E-state index contributed by atoms with van der Waals surface area (Å²) in [5.41, 5.74) is 1.60. The van der Waals surface area contributed by atoms with E-state index < -0.39 is 0 Å². The molecule has 0 aliphatic heterocycles. The minimum atomic E-state index is -0.280. The third-order valence-electron chi connectivity index (χ3n) is 3.67. The molecule has 2 heterocycles. The quantitative estimate of drug-likeness (QED) is 0.553. The third kappa shape index (κ3) is 5.18. The van der Waals surface area contributed by atoms with Gasteiger partial charge in [-0.3, -0.25) is 0 Å². The van der Waals surface area contributed by atoms with Gasteiger partial charge in [0.25, 0.3) is 0 Å². The van der Waals surface area contributed by atoms with Crippen LogP contribution in [0, 0.1) is 6.92 Å². The van der Waals surface area contributed by atoms with Crippen molar-refractivity contribution in [3.05, 3.63) is 54.6 Å². The van der Waals surface area contributed by atoms with Crippen LogP contribution in [0.3, 0.4) is 0 Å². The Morgan fingerprint density at radius 3 is 2.67 bits per heavy atom. The van der Waals surface area contributed by atoms with Gasteiger partial charge in [-0.05, 0) is 37.3 Å². The molecule has 3 aromatic rings. The van der Waals surface area contributed by atoms with Crippen LogP contribution in [0.4, 0.5) is 16.3 Å². The topological polar surface area (TPSA) is 106 Å². The molecule has 0 bridgehead atoms. The summed E-state index contributed by atoms with van der Waals surface area (Å²) in [7, 11) is 1.60. The van der Waals surface area contributed by atoms with E-state index in [2.05, 4.69) is 31.0 Å². The van der Waals surface area contributed by atoms with E-state index in [0.29, 0.717) is 30.4 Å². The average molecular weight is 367 g/mol. The molecule has 0 fully saturated rings. The number of rotatable bonds is 7. The van der Waals surface area contributed by atoms with Gasteiger partial charge < -0.3 is 20.7 Å². The van der Waals surface area contributed by atoms with Crippen molar-refractivity contribution < 1.29 is 9.53 Å². The molecule has 27 heavy (non-hydrogen) atoms. The van der Waals surface area contributed by atoms with Crippen molar-refractivity contribution in [1.29, 1.82) is 0 Å². The molecule has 3 N–H and O–H groups in total. The molecule has 140 valence electrons. The van der Waals surface area contributed by atoms with Crippen LogP contribution in [0.1, 0.15) is 5.69 Å². The van der Waals surface area contributed by atoms with E-state index in [-0.39, 0.29) is 6.03 Å². The van der Waals surface area contributed by atoms with Crippen LogP contribution in [0.25, 0.3) is 5.82 Å². The van der Waals surface area contributed by atoms with Crippen molar-refractivity contribution in [3.63, 3.8) is 0 Å². The molecule has 2 aromatic heterocycles. The van der Waals surface area contributed by atoms with E-state index in [9.17, 15) is 4.79 Å².